The van der Waals surface area contributed by atoms with Gasteiger partial charge in [-0.05, 0) is 86.2 Å². The molecule has 2 saturated carbocycles. The zero-order chi connectivity index (χ0) is 27.5. The number of aliphatic hydroxyl groups is 1. The number of carbonyl (C=O) groups is 2. The molecule has 0 aromatic heterocycles. The van der Waals surface area contributed by atoms with Crippen molar-refractivity contribution in [3.8, 4) is 0 Å². The summed E-state index contributed by atoms with van der Waals surface area (Å²) in [4.78, 5) is 24.3. The van der Waals surface area contributed by atoms with E-state index in [1.165, 1.54) is 64.0 Å². The van der Waals surface area contributed by atoms with E-state index in [1.54, 1.807) is 0 Å². The van der Waals surface area contributed by atoms with Gasteiger partial charge in [0, 0.05) is 7.11 Å². The van der Waals surface area contributed by atoms with Gasteiger partial charge in [-0.1, -0.05) is 43.5 Å². The summed E-state index contributed by atoms with van der Waals surface area (Å²) in [5, 5.41) is 9.15. The highest BCUT2D eigenvalue weighted by atomic mass is 16.5. The Labute approximate surface area is 227 Å². The fraction of sp³-hybridized carbons (Fsp3) is 0.562. The molecule has 2 aliphatic rings. The highest BCUT2D eigenvalue weighted by molar-refractivity contribution is 5.88. The molecule has 2 aliphatic carbocycles. The lowest BCUT2D eigenvalue weighted by Crippen LogP contribution is -2.25. The van der Waals surface area contributed by atoms with Crippen molar-refractivity contribution >= 4 is 11.9 Å². The molecule has 38 heavy (non-hydrogen) atoms. The lowest BCUT2D eigenvalue weighted by molar-refractivity contribution is -0.143. The number of allylic oxidation sites excluding steroid dienone is 1. The van der Waals surface area contributed by atoms with E-state index in [0.29, 0.717) is 5.92 Å². The van der Waals surface area contributed by atoms with Crippen molar-refractivity contribution in [2.24, 2.45) is 17.8 Å². The minimum Gasteiger partial charge on any atom is -0.461 e. The van der Waals surface area contributed by atoms with Crippen molar-refractivity contribution in [2.75, 3.05) is 33.5 Å². The van der Waals surface area contributed by atoms with Crippen molar-refractivity contribution in [2.45, 2.75) is 63.2 Å². The predicted molar refractivity (Wildman–Crippen MR) is 149 cm³/mol. The molecule has 0 aliphatic heterocycles. The number of rotatable bonds is 13. The molecule has 2 fully saturated rings. The average molecular weight is 525 g/mol. The van der Waals surface area contributed by atoms with E-state index in [9.17, 15) is 9.59 Å². The number of carbonyl (C=O) groups excluding carboxylic acids is 2. The van der Waals surface area contributed by atoms with Crippen LogP contribution in [-0.4, -0.2) is 50.6 Å². The fourth-order valence-electron chi connectivity index (χ4n) is 5.91. The van der Waals surface area contributed by atoms with E-state index in [-0.39, 0.29) is 36.9 Å². The maximum absolute atomic E-state index is 12.2. The van der Waals surface area contributed by atoms with Crippen LogP contribution in [0.1, 0.15) is 74.3 Å². The van der Waals surface area contributed by atoms with Crippen molar-refractivity contribution in [3.63, 3.8) is 0 Å². The van der Waals surface area contributed by atoms with Crippen molar-refractivity contribution in [3.05, 3.63) is 72.4 Å². The molecule has 6 nitrogen and oxygen atoms in total. The highest BCUT2D eigenvalue weighted by Gasteiger charge is 2.31. The highest BCUT2D eigenvalue weighted by Crippen LogP contribution is 2.44. The predicted octanol–water partition coefficient (Wildman–Crippen LogP) is 5.87. The summed E-state index contributed by atoms with van der Waals surface area (Å²) in [7, 11) is 1.48. The summed E-state index contributed by atoms with van der Waals surface area (Å²) in [6, 6.07) is 8.38. The van der Waals surface area contributed by atoms with Crippen molar-refractivity contribution < 1.29 is 28.9 Å². The third-order valence-corrected chi connectivity index (χ3v) is 8.39. The third kappa shape index (κ3) is 8.40. The molecule has 0 bridgehead atoms. The molecule has 0 saturated heterocycles. The smallest absolute Gasteiger partial charge is 0.335 e. The molecule has 3 rings (SSSR count). The van der Waals surface area contributed by atoms with Crippen LogP contribution < -0.4 is 0 Å². The van der Waals surface area contributed by atoms with Crippen LogP contribution in [0.2, 0.25) is 0 Å². The average Bonchev–Trinajstić information content (AvgIpc) is 2.96. The molecule has 0 amide bonds. The number of ether oxygens (including phenoxy) is 3. The second-order valence-electron chi connectivity index (χ2n) is 10.9. The van der Waals surface area contributed by atoms with Gasteiger partial charge in [0.1, 0.15) is 13.2 Å². The van der Waals surface area contributed by atoms with E-state index in [2.05, 4.69) is 37.9 Å². The molecular formula is C32H44O6. The SMILES string of the molecule is C=CC1CCC(C2CCC(c3ccc(C(COC(=O)C(=C)CO)COC(=O)C(=C)COC)cc3)CC2)CC1. The first-order chi connectivity index (χ1) is 18.4. The van der Waals surface area contributed by atoms with Crippen LogP contribution >= 0.6 is 0 Å². The Morgan fingerprint density at radius 1 is 0.895 bits per heavy atom. The molecule has 0 heterocycles. The normalized spacial score (nSPS) is 24.2. The zero-order valence-corrected chi connectivity index (χ0v) is 22.9. The largest absolute Gasteiger partial charge is 0.461 e. The van der Waals surface area contributed by atoms with Crippen LogP contribution in [0.5, 0.6) is 0 Å². The molecule has 1 atom stereocenters. The van der Waals surface area contributed by atoms with E-state index in [4.69, 9.17) is 19.3 Å². The number of hydrogen-bond acceptors (Lipinski definition) is 6. The third-order valence-electron chi connectivity index (χ3n) is 8.39. The van der Waals surface area contributed by atoms with Crippen molar-refractivity contribution in [1.82, 2.24) is 0 Å². The number of esters is 2. The van der Waals surface area contributed by atoms with E-state index in [1.807, 2.05) is 12.1 Å². The summed E-state index contributed by atoms with van der Waals surface area (Å²) in [6.45, 7) is 10.8. The second-order valence-corrected chi connectivity index (χ2v) is 10.9. The van der Waals surface area contributed by atoms with Gasteiger partial charge in [0.15, 0.2) is 0 Å². The molecule has 208 valence electrons. The second kappa shape index (κ2) is 15.0. The van der Waals surface area contributed by atoms with Gasteiger partial charge < -0.3 is 19.3 Å². The molecule has 0 radical (unpaired) electrons. The number of aliphatic hydroxyl groups excluding tert-OH is 1. The first kappa shape index (κ1) is 29.9. The molecule has 1 aromatic rings. The van der Waals surface area contributed by atoms with Gasteiger partial charge in [-0.2, -0.15) is 0 Å². The minimum atomic E-state index is -0.668. The van der Waals surface area contributed by atoms with Crippen LogP contribution in [-0.2, 0) is 23.8 Å². The van der Waals surface area contributed by atoms with Gasteiger partial charge in [0.2, 0.25) is 0 Å². The summed E-state index contributed by atoms with van der Waals surface area (Å²) in [6.07, 6.45) is 12.5. The summed E-state index contributed by atoms with van der Waals surface area (Å²) in [5.74, 6) is 1.43. The molecule has 1 unspecified atom stereocenters. The van der Waals surface area contributed by atoms with Gasteiger partial charge in [0.05, 0.1) is 30.3 Å². The summed E-state index contributed by atoms with van der Waals surface area (Å²) in [5.41, 5.74) is 2.44. The monoisotopic (exact) mass is 524 g/mol. The van der Waals surface area contributed by atoms with E-state index < -0.39 is 18.5 Å². The van der Waals surface area contributed by atoms with E-state index >= 15 is 0 Å². The van der Waals surface area contributed by atoms with Crippen LogP contribution in [0, 0.1) is 17.8 Å². The van der Waals surface area contributed by atoms with Gasteiger partial charge in [-0.25, -0.2) is 9.59 Å². The number of methoxy groups -OCH3 is 1. The molecule has 0 spiro atoms. The Kier molecular flexibility index (Phi) is 11.8. The zero-order valence-electron chi connectivity index (χ0n) is 22.9. The molecule has 6 heteroatoms. The first-order valence-electron chi connectivity index (χ1n) is 13.9. The van der Waals surface area contributed by atoms with Gasteiger partial charge in [0.25, 0.3) is 0 Å². The van der Waals surface area contributed by atoms with Crippen LogP contribution in [0.15, 0.2) is 61.2 Å². The maximum Gasteiger partial charge on any atom is 0.335 e. The quantitative estimate of drug-likeness (QED) is 0.197. The van der Waals surface area contributed by atoms with Crippen LogP contribution in [0.3, 0.4) is 0 Å². The van der Waals surface area contributed by atoms with Gasteiger partial charge >= 0.3 is 11.9 Å². The lowest BCUT2D eigenvalue weighted by Gasteiger charge is -2.37. The van der Waals surface area contributed by atoms with Crippen LogP contribution in [0.4, 0.5) is 0 Å². The Morgan fingerprint density at radius 2 is 1.42 bits per heavy atom. The summed E-state index contributed by atoms with van der Waals surface area (Å²) < 4.78 is 15.7. The van der Waals surface area contributed by atoms with Crippen molar-refractivity contribution in [1.29, 1.82) is 0 Å². The Bertz CT molecular complexity index is 949. The lowest BCUT2D eigenvalue weighted by atomic mass is 9.68. The van der Waals surface area contributed by atoms with E-state index in [0.717, 1.165) is 23.3 Å². The Balaban J connectivity index is 1.58. The van der Waals surface area contributed by atoms with Gasteiger partial charge in [-0.3, -0.25) is 0 Å². The number of benzene rings is 1. The molecular weight excluding hydrogens is 480 g/mol. The molecule has 1 N–H and O–H groups in total. The van der Waals surface area contributed by atoms with Crippen LogP contribution in [0.25, 0.3) is 0 Å². The van der Waals surface area contributed by atoms with Gasteiger partial charge in [-0.15, -0.1) is 6.58 Å². The fourth-order valence-corrected chi connectivity index (χ4v) is 5.91. The summed E-state index contributed by atoms with van der Waals surface area (Å²) >= 11 is 0. The maximum atomic E-state index is 12.2. The Hall–Kier alpha value is -2.70. The Morgan fingerprint density at radius 3 is 1.92 bits per heavy atom. The minimum absolute atomic E-state index is 0.000438. The first-order valence-corrected chi connectivity index (χ1v) is 13.9. The standard InChI is InChI=1S/C32H44O6/c1-5-24-6-8-25(9-7-24)26-10-12-27(13-11-26)28-14-16-29(17-15-28)30(20-37-31(34)22(2)18-33)21-38-32(35)23(3)19-36-4/h5,14-17,24-27,30,33H,1-3,6-13,18-21H2,4H3. The molecule has 1 aromatic carbocycles. The topological polar surface area (TPSA) is 82.1 Å². The number of hydrogen-bond donors (Lipinski definition) is 1.